The number of hydrogen-bond donors (Lipinski definition) is 3. The van der Waals surface area contributed by atoms with Crippen LogP contribution in [0, 0.1) is 30.1 Å². The van der Waals surface area contributed by atoms with E-state index >= 15 is 0 Å². The predicted molar refractivity (Wildman–Crippen MR) is 183 cm³/mol. The molecule has 9 nitrogen and oxygen atoms in total. The molecule has 1 aromatic heterocycles. The first-order valence-corrected chi connectivity index (χ1v) is 17.4. The number of aryl methyl sites for hydroxylation is 3. The van der Waals surface area contributed by atoms with Gasteiger partial charge in [0.05, 0.1) is 19.4 Å². The second-order valence-corrected chi connectivity index (χ2v) is 13.4. The van der Waals surface area contributed by atoms with Crippen LogP contribution in [0.4, 0.5) is 0 Å². The van der Waals surface area contributed by atoms with E-state index in [1.807, 2.05) is 43.8 Å². The Bertz CT molecular complexity index is 1400. The molecule has 1 heterocycles. The number of aliphatic hydroxyl groups excluding tert-OH is 2. The summed E-state index contributed by atoms with van der Waals surface area (Å²) in [6.45, 7) is 12.2. The first-order chi connectivity index (χ1) is 22.6. The van der Waals surface area contributed by atoms with Gasteiger partial charge in [0, 0.05) is 37.2 Å². The molecule has 0 bridgehead atoms. The van der Waals surface area contributed by atoms with Crippen molar-refractivity contribution < 1.29 is 29.6 Å². The minimum absolute atomic E-state index is 0.0370. The van der Waals surface area contributed by atoms with E-state index in [1.54, 1.807) is 0 Å². The van der Waals surface area contributed by atoms with Crippen molar-refractivity contribution in [2.75, 3.05) is 26.4 Å². The Hall–Kier alpha value is -3.11. The molecule has 2 fully saturated rings. The highest BCUT2D eigenvalue weighted by molar-refractivity contribution is 5.87. The van der Waals surface area contributed by atoms with Crippen molar-refractivity contribution >= 4 is 5.78 Å². The molecule has 3 aromatic rings. The molecular weight excluding hydrogens is 594 g/mol. The summed E-state index contributed by atoms with van der Waals surface area (Å²) in [6, 6.07) is 14.3. The monoisotopic (exact) mass is 649 g/mol. The van der Waals surface area contributed by atoms with Gasteiger partial charge in [-0.05, 0) is 113 Å². The number of carbonyl (C=O) groups is 1. The van der Waals surface area contributed by atoms with E-state index in [0.717, 1.165) is 76.0 Å². The van der Waals surface area contributed by atoms with E-state index in [1.165, 1.54) is 16.7 Å². The number of hydrogen-bond acceptors (Lipinski definition) is 8. The summed E-state index contributed by atoms with van der Waals surface area (Å²) in [6.07, 6.45) is 9.06. The van der Waals surface area contributed by atoms with Crippen LogP contribution in [0.25, 0.3) is 11.3 Å². The third-order valence-electron chi connectivity index (χ3n) is 10.3. The molecule has 5 unspecified atom stereocenters. The molecule has 2 aromatic carbocycles. The normalized spacial score (nSPS) is 24.4. The van der Waals surface area contributed by atoms with Gasteiger partial charge >= 0.3 is 0 Å². The highest BCUT2D eigenvalue weighted by atomic mass is 16.7. The molecular formula is C38H55N3O6. The number of rotatable bonds is 10. The maximum Gasteiger partial charge on any atom is 0.154 e. The van der Waals surface area contributed by atoms with Crippen LogP contribution in [-0.2, 0) is 27.2 Å². The number of aromatic hydroxyl groups is 1. The molecule has 2 saturated carbocycles. The average Bonchev–Trinajstić information content (AvgIpc) is 3.63. The molecule has 258 valence electrons. The van der Waals surface area contributed by atoms with Crippen LogP contribution in [0.5, 0.6) is 5.75 Å². The van der Waals surface area contributed by atoms with Gasteiger partial charge < -0.3 is 24.8 Å². The zero-order chi connectivity index (χ0) is 34.0. The Morgan fingerprint density at radius 3 is 2.40 bits per heavy atom. The molecule has 0 saturated heterocycles. The Morgan fingerprint density at radius 2 is 1.74 bits per heavy atom. The lowest BCUT2D eigenvalue weighted by Gasteiger charge is -2.50. The van der Waals surface area contributed by atoms with Crippen molar-refractivity contribution in [3.05, 3.63) is 65.4 Å². The number of aliphatic hydroxyl groups is 2. The zero-order valence-electron chi connectivity index (χ0n) is 28.9. The van der Waals surface area contributed by atoms with Crippen LogP contribution in [0.15, 0.2) is 48.7 Å². The number of fused-ring (bicyclic) bond motifs is 5. The van der Waals surface area contributed by atoms with Crippen molar-refractivity contribution in [1.29, 1.82) is 0 Å². The van der Waals surface area contributed by atoms with Crippen LogP contribution in [0.2, 0.25) is 0 Å². The lowest BCUT2D eigenvalue weighted by Crippen LogP contribution is -2.44. The molecule has 47 heavy (non-hydrogen) atoms. The molecule has 0 radical (unpaired) electrons. The predicted octanol–water partition coefficient (Wildman–Crippen LogP) is 6.47. The number of phenols is 1. The van der Waals surface area contributed by atoms with Crippen LogP contribution in [0.1, 0.15) is 88.8 Å². The maximum absolute atomic E-state index is 13.3. The molecule has 3 aliphatic carbocycles. The van der Waals surface area contributed by atoms with Gasteiger partial charge in [-0.25, -0.2) is 0 Å². The number of phenolic OH excluding ortho intramolecular Hbond substituents is 1. The number of ether oxygens (including phenoxy) is 2. The fourth-order valence-corrected chi connectivity index (χ4v) is 8.19. The molecule has 3 aliphatic rings. The molecule has 3 N–H and O–H groups in total. The third kappa shape index (κ3) is 9.08. The lowest BCUT2D eigenvalue weighted by atomic mass is 9.54. The first-order valence-electron chi connectivity index (χ1n) is 17.4. The van der Waals surface area contributed by atoms with Crippen LogP contribution < -0.4 is 0 Å². The summed E-state index contributed by atoms with van der Waals surface area (Å²) in [5.74, 6) is 2.88. The van der Waals surface area contributed by atoms with Crippen molar-refractivity contribution in [2.24, 2.45) is 23.2 Å². The Balaban J connectivity index is 0.000000358. The molecule has 5 atom stereocenters. The number of Topliss-reactive ketones (excluding diaryl/α,β-unsaturated/α-hetero) is 1. The van der Waals surface area contributed by atoms with Crippen LogP contribution >= 0.6 is 0 Å². The smallest absolute Gasteiger partial charge is 0.154 e. The number of ketones is 1. The van der Waals surface area contributed by atoms with Gasteiger partial charge in [-0.2, -0.15) is 0 Å². The van der Waals surface area contributed by atoms with Crippen LogP contribution in [-0.4, -0.2) is 68.8 Å². The van der Waals surface area contributed by atoms with E-state index in [0.29, 0.717) is 35.2 Å². The van der Waals surface area contributed by atoms with Gasteiger partial charge in [0.2, 0.25) is 0 Å². The van der Waals surface area contributed by atoms with E-state index in [9.17, 15) is 9.90 Å². The summed E-state index contributed by atoms with van der Waals surface area (Å²) in [7, 11) is 0. The van der Waals surface area contributed by atoms with E-state index < -0.39 is 0 Å². The standard InChI is InChI=1S/C30H35N3O2.C6H14O2.C2H6O2/c1-19-5-7-20(8-6-19)27-18-33(32-31-27)15-3-4-22-17-28(35)30(2)14-13-25-24-12-10-23(34)16-21(24)9-11-26(25)29(22)30;1-4-7-6(3)8-5-2;3-1-2-4/h5-8,10,12,16,18,22,25-26,29,34H,3-4,9,11,13-15,17H2,1-2H3;6H,4-5H2,1-3H3;3-4H,1-2H2. The van der Waals surface area contributed by atoms with E-state index in [-0.39, 0.29) is 24.9 Å². The minimum Gasteiger partial charge on any atom is -0.508 e. The summed E-state index contributed by atoms with van der Waals surface area (Å²) >= 11 is 0. The SMILES string of the molecule is CCOC(C)OCC.Cc1ccc(-c2cn(CCCC3CC(=O)C4(C)CCC5c6ccc(O)cc6CCC5C34)nn2)cc1.OCCO. The Kier molecular flexibility index (Phi) is 13.5. The molecule has 0 aliphatic heterocycles. The van der Waals surface area contributed by atoms with E-state index in [4.69, 9.17) is 19.7 Å². The van der Waals surface area contributed by atoms with Gasteiger partial charge in [-0.15, -0.1) is 5.10 Å². The average molecular weight is 650 g/mol. The fourth-order valence-electron chi connectivity index (χ4n) is 8.19. The summed E-state index contributed by atoms with van der Waals surface area (Å²) in [4.78, 5) is 13.3. The van der Waals surface area contributed by atoms with Crippen LogP contribution in [0.3, 0.4) is 0 Å². The highest BCUT2D eigenvalue weighted by Crippen LogP contribution is 2.62. The third-order valence-corrected chi connectivity index (χ3v) is 10.3. The lowest BCUT2D eigenvalue weighted by molar-refractivity contribution is -0.129. The number of benzene rings is 2. The second-order valence-electron chi connectivity index (χ2n) is 13.4. The van der Waals surface area contributed by atoms with E-state index in [2.05, 4.69) is 54.5 Å². The highest BCUT2D eigenvalue weighted by Gasteiger charge is 2.58. The van der Waals surface area contributed by atoms with Crippen molar-refractivity contribution in [3.63, 3.8) is 0 Å². The van der Waals surface area contributed by atoms with Crippen molar-refractivity contribution in [2.45, 2.75) is 98.3 Å². The largest absolute Gasteiger partial charge is 0.508 e. The van der Waals surface area contributed by atoms with Gasteiger partial charge in [0.25, 0.3) is 0 Å². The Morgan fingerprint density at radius 1 is 1.04 bits per heavy atom. The Labute approximate surface area is 280 Å². The first kappa shape index (κ1) is 36.7. The number of nitrogens with zero attached hydrogens (tertiary/aromatic N) is 3. The number of carbonyl (C=O) groups excluding carboxylic acids is 1. The molecule has 0 spiro atoms. The second kappa shape index (κ2) is 17.3. The van der Waals surface area contributed by atoms with Gasteiger partial charge in [0.15, 0.2) is 6.29 Å². The summed E-state index contributed by atoms with van der Waals surface area (Å²) < 4.78 is 12.1. The molecule has 6 rings (SSSR count). The number of aromatic nitrogens is 3. The molecule has 0 amide bonds. The zero-order valence-corrected chi connectivity index (χ0v) is 28.9. The van der Waals surface area contributed by atoms with Crippen molar-refractivity contribution in [3.8, 4) is 17.0 Å². The van der Waals surface area contributed by atoms with Crippen molar-refractivity contribution in [1.82, 2.24) is 15.0 Å². The maximum atomic E-state index is 13.3. The van der Waals surface area contributed by atoms with Gasteiger partial charge in [-0.3, -0.25) is 9.48 Å². The topological polar surface area (TPSA) is 127 Å². The minimum atomic E-state index is -0.161. The van der Waals surface area contributed by atoms with Gasteiger partial charge in [0.1, 0.15) is 17.2 Å². The summed E-state index contributed by atoms with van der Waals surface area (Å²) in [5, 5.41) is 34.0. The quantitative estimate of drug-likeness (QED) is 0.214. The van der Waals surface area contributed by atoms with Gasteiger partial charge in [-0.1, -0.05) is 48.0 Å². The molecule has 9 heteroatoms. The summed E-state index contributed by atoms with van der Waals surface area (Å²) in [5.41, 5.74) is 5.82. The fraction of sp³-hybridized carbons (Fsp3) is 0.605.